The number of rotatable bonds is 2. The predicted octanol–water partition coefficient (Wildman–Crippen LogP) is -0.197. The quantitative estimate of drug-likeness (QED) is 0.659. The molecule has 4 aliphatic rings. The van der Waals surface area contributed by atoms with E-state index in [1.807, 2.05) is 0 Å². The summed E-state index contributed by atoms with van der Waals surface area (Å²) in [6.45, 7) is 0. The molecule has 0 radical (unpaired) electrons. The summed E-state index contributed by atoms with van der Waals surface area (Å²) in [4.78, 5) is 23.6. The molecule has 4 heterocycles. The van der Waals surface area contributed by atoms with Gasteiger partial charge in [0.25, 0.3) is 0 Å². The number of carboxylic acid groups (broad SMARTS) is 2. The zero-order valence-electron chi connectivity index (χ0n) is 9.15. The van der Waals surface area contributed by atoms with Crippen molar-refractivity contribution in [1.82, 2.24) is 0 Å². The van der Waals surface area contributed by atoms with E-state index in [0.717, 1.165) is 0 Å². The maximum absolute atomic E-state index is 11.8. The molecule has 0 saturated carbocycles. The van der Waals surface area contributed by atoms with Crippen LogP contribution in [0.25, 0.3) is 0 Å². The predicted molar refractivity (Wildman–Crippen MR) is 55.7 cm³/mol. The number of carboxylic acids is 2. The number of hydrogen-bond donors (Lipinski definition) is 2. The molecule has 4 aliphatic heterocycles. The molecule has 2 fully saturated rings. The maximum Gasteiger partial charge on any atom is 0.317 e. The highest BCUT2D eigenvalue weighted by molar-refractivity contribution is 5.93. The highest BCUT2D eigenvalue weighted by Gasteiger charge is 2.85. The number of aliphatic carboxylic acids is 2. The van der Waals surface area contributed by atoms with Crippen molar-refractivity contribution in [3.05, 3.63) is 24.3 Å². The first-order chi connectivity index (χ1) is 8.56. The maximum atomic E-state index is 11.8. The summed E-state index contributed by atoms with van der Waals surface area (Å²) >= 11 is 0. The lowest BCUT2D eigenvalue weighted by atomic mass is 9.53. The molecule has 4 atom stereocenters. The van der Waals surface area contributed by atoms with Crippen molar-refractivity contribution < 1.29 is 29.3 Å². The Bertz CT molecular complexity index is 461. The van der Waals surface area contributed by atoms with E-state index in [1.165, 1.54) is 0 Å². The number of fused-ring (bicyclic) bond motifs is 9. The summed E-state index contributed by atoms with van der Waals surface area (Å²) < 4.78 is 11.1. The molecule has 4 bridgehead atoms. The van der Waals surface area contributed by atoms with Crippen molar-refractivity contribution in [2.24, 2.45) is 10.8 Å². The van der Waals surface area contributed by atoms with Crippen LogP contribution in [-0.4, -0.2) is 46.6 Å². The van der Waals surface area contributed by atoms with Gasteiger partial charge in [-0.3, -0.25) is 9.59 Å². The topological polar surface area (TPSA) is 93.1 Å². The first-order valence-corrected chi connectivity index (χ1v) is 5.70. The van der Waals surface area contributed by atoms with E-state index in [-0.39, 0.29) is 0 Å². The number of carbonyl (C=O) groups is 2. The molecule has 2 saturated heterocycles. The van der Waals surface area contributed by atoms with E-state index in [4.69, 9.17) is 9.47 Å². The second kappa shape index (κ2) is 2.67. The highest BCUT2D eigenvalue weighted by Crippen LogP contribution is 2.68. The van der Waals surface area contributed by atoms with Gasteiger partial charge in [0.05, 0.1) is 24.4 Å². The molecule has 6 nitrogen and oxygen atoms in total. The minimum absolute atomic E-state index is 0.740. The van der Waals surface area contributed by atoms with Gasteiger partial charge in [0.15, 0.2) is 0 Å². The smallest absolute Gasteiger partial charge is 0.317 e. The van der Waals surface area contributed by atoms with Gasteiger partial charge in [-0.25, -0.2) is 0 Å². The van der Waals surface area contributed by atoms with Crippen molar-refractivity contribution in [3.63, 3.8) is 0 Å². The van der Waals surface area contributed by atoms with Gasteiger partial charge in [-0.1, -0.05) is 24.3 Å². The first-order valence-electron chi connectivity index (χ1n) is 5.70. The SMILES string of the molecule is O=C(O)C12C3C=CC(O3)C1(C(=O)O)C1C=CC2O1. The summed E-state index contributed by atoms with van der Waals surface area (Å²) in [5.74, 6) is -2.34. The van der Waals surface area contributed by atoms with Crippen LogP contribution in [0.3, 0.4) is 0 Å². The van der Waals surface area contributed by atoms with E-state index in [1.54, 1.807) is 24.3 Å². The molecule has 0 aliphatic carbocycles. The lowest BCUT2D eigenvalue weighted by molar-refractivity contribution is -0.170. The summed E-state index contributed by atoms with van der Waals surface area (Å²) in [7, 11) is 0. The Morgan fingerprint density at radius 2 is 1.06 bits per heavy atom. The van der Waals surface area contributed by atoms with E-state index in [9.17, 15) is 19.8 Å². The first kappa shape index (κ1) is 10.3. The Morgan fingerprint density at radius 3 is 1.28 bits per heavy atom. The fourth-order valence-corrected chi connectivity index (χ4v) is 4.04. The molecular formula is C12H10O6. The average Bonchev–Trinajstić information content (AvgIpc) is 3.05. The number of hydrogen-bond acceptors (Lipinski definition) is 4. The molecule has 94 valence electrons. The number of ether oxygens (including phenoxy) is 2. The molecule has 6 heteroatoms. The second-order valence-corrected chi connectivity index (χ2v) is 5.07. The minimum atomic E-state index is -1.54. The van der Waals surface area contributed by atoms with Gasteiger partial charge in [0, 0.05) is 0 Å². The average molecular weight is 250 g/mol. The van der Waals surface area contributed by atoms with Crippen LogP contribution in [0.1, 0.15) is 0 Å². The van der Waals surface area contributed by atoms with Gasteiger partial charge in [-0.2, -0.15) is 0 Å². The molecule has 18 heavy (non-hydrogen) atoms. The highest BCUT2D eigenvalue weighted by atomic mass is 16.6. The van der Waals surface area contributed by atoms with Crippen LogP contribution < -0.4 is 0 Å². The lowest BCUT2D eigenvalue weighted by Gasteiger charge is -2.41. The molecule has 0 spiro atoms. The largest absolute Gasteiger partial charge is 0.481 e. The Kier molecular flexibility index (Phi) is 1.53. The van der Waals surface area contributed by atoms with Gasteiger partial charge < -0.3 is 19.7 Å². The molecule has 0 aromatic rings. The summed E-state index contributed by atoms with van der Waals surface area (Å²) in [5, 5.41) is 19.3. The zero-order chi connectivity index (χ0) is 12.7. The summed E-state index contributed by atoms with van der Waals surface area (Å²) in [5.41, 5.74) is -3.09. The van der Waals surface area contributed by atoms with Gasteiger partial charge in [-0.05, 0) is 0 Å². The van der Waals surface area contributed by atoms with E-state index >= 15 is 0 Å². The summed E-state index contributed by atoms with van der Waals surface area (Å²) in [6.07, 6.45) is 3.59. The monoisotopic (exact) mass is 250 g/mol. The van der Waals surface area contributed by atoms with Crippen molar-refractivity contribution in [3.8, 4) is 0 Å². The third-order valence-corrected chi connectivity index (χ3v) is 4.70. The molecule has 2 N–H and O–H groups in total. The zero-order valence-corrected chi connectivity index (χ0v) is 9.15. The third-order valence-electron chi connectivity index (χ3n) is 4.70. The van der Waals surface area contributed by atoms with Crippen LogP contribution in [-0.2, 0) is 19.1 Å². The summed E-state index contributed by atoms with van der Waals surface area (Å²) in [6, 6.07) is 0. The van der Waals surface area contributed by atoms with Crippen LogP contribution in [0.4, 0.5) is 0 Å². The van der Waals surface area contributed by atoms with Crippen LogP contribution >= 0.6 is 0 Å². The van der Waals surface area contributed by atoms with E-state index in [2.05, 4.69) is 0 Å². The normalized spacial score (nSPS) is 54.0. The second-order valence-electron chi connectivity index (χ2n) is 5.07. The molecule has 0 amide bonds. The Hall–Kier alpha value is -1.66. The van der Waals surface area contributed by atoms with E-state index < -0.39 is 47.2 Å². The standard InChI is InChI=1S/C12H10O6/c13-9(14)11-5-1-2-6(17-5)12(11,10(15)16)8-4-3-7(11)18-8/h1-8H,(H,13,14)(H,15,16). The lowest BCUT2D eigenvalue weighted by Crippen LogP contribution is -2.62. The van der Waals surface area contributed by atoms with Crippen molar-refractivity contribution in [2.75, 3.05) is 0 Å². The third kappa shape index (κ3) is 0.678. The van der Waals surface area contributed by atoms with Gasteiger partial charge in [0.2, 0.25) is 0 Å². The van der Waals surface area contributed by atoms with Crippen LogP contribution in [0.15, 0.2) is 24.3 Å². The van der Waals surface area contributed by atoms with Crippen molar-refractivity contribution >= 4 is 11.9 Å². The van der Waals surface area contributed by atoms with Crippen molar-refractivity contribution in [1.29, 1.82) is 0 Å². The van der Waals surface area contributed by atoms with Crippen LogP contribution in [0.5, 0.6) is 0 Å². The molecular weight excluding hydrogens is 240 g/mol. The van der Waals surface area contributed by atoms with Crippen LogP contribution in [0, 0.1) is 10.8 Å². The fraction of sp³-hybridized carbons (Fsp3) is 0.500. The van der Waals surface area contributed by atoms with Gasteiger partial charge in [0.1, 0.15) is 10.8 Å². The Labute approximate surface area is 101 Å². The molecule has 0 aromatic carbocycles. The van der Waals surface area contributed by atoms with Crippen LogP contribution in [0.2, 0.25) is 0 Å². The minimum Gasteiger partial charge on any atom is -0.481 e. The molecule has 0 aromatic heterocycles. The van der Waals surface area contributed by atoms with Gasteiger partial charge in [-0.15, -0.1) is 0 Å². The molecule has 4 unspecified atom stereocenters. The molecule has 4 rings (SSSR count). The van der Waals surface area contributed by atoms with E-state index in [0.29, 0.717) is 0 Å². The van der Waals surface area contributed by atoms with Gasteiger partial charge >= 0.3 is 11.9 Å². The Balaban J connectivity index is 2.06. The fourth-order valence-electron chi connectivity index (χ4n) is 4.04. The Morgan fingerprint density at radius 1 is 0.778 bits per heavy atom. The van der Waals surface area contributed by atoms with Crippen molar-refractivity contribution in [2.45, 2.75) is 24.4 Å².